The summed E-state index contributed by atoms with van der Waals surface area (Å²) in [4.78, 5) is 28.5. The first-order valence-electron chi connectivity index (χ1n) is 8.75. The van der Waals surface area contributed by atoms with Crippen LogP contribution >= 0.6 is 0 Å². The van der Waals surface area contributed by atoms with Crippen molar-refractivity contribution >= 4 is 17.8 Å². The first-order valence-corrected chi connectivity index (χ1v) is 8.75. The molecule has 1 aliphatic rings. The van der Waals surface area contributed by atoms with Gasteiger partial charge in [0.05, 0.1) is 11.8 Å². The number of carbonyl (C=O) groups excluding carboxylic acids is 1. The third kappa shape index (κ3) is 6.32. The molecule has 4 N–H and O–H groups in total. The average Bonchev–Trinajstić information content (AvgIpc) is 2.64. The molecule has 1 saturated carbocycles. The number of anilines is 1. The lowest BCUT2D eigenvalue weighted by atomic mass is 9.96. The highest BCUT2D eigenvalue weighted by atomic mass is 19.1. The molecule has 8 heteroatoms. The predicted octanol–water partition coefficient (Wildman–Crippen LogP) is 3.22. The molecule has 1 fully saturated rings. The van der Waals surface area contributed by atoms with Gasteiger partial charge in [-0.1, -0.05) is 31.4 Å². The third-order valence-electron chi connectivity index (χ3n) is 4.07. The minimum Gasteiger partial charge on any atom is -0.478 e. The van der Waals surface area contributed by atoms with Gasteiger partial charge >= 0.3 is 5.97 Å². The molecule has 1 heterocycles. The molecule has 1 amide bonds. The van der Waals surface area contributed by atoms with Crippen molar-refractivity contribution in [3.8, 4) is 11.3 Å². The van der Waals surface area contributed by atoms with Crippen molar-refractivity contribution in [2.45, 2.75) is 45.1 Å². The number of hydrogen-bond donors (Lipinski definition) is 3. The number of benzene rings is 1. The molecule has 0 aliphatic heterocycles. The molecule has 0 saturated heterocycles. The number of primary amides is 1. The fourth-order valence-electron chi connectivity index (χ4n) is 2.87. The van der Waals surface area contributed by atoms with Gasteiger partial charge in [0.2, 0.25) is 11.9 Å². The van der Waals surface area contributed by atoms with Gasteiger partial charge < -0.3 is 16.2 Å². The van der Waals surface area contributed by atoms with Gasteiger partial charge in [-0.25, -0.2) is 19.2 Å². The molecule has 0 bridgehead atoms. The standard InChI is InChI=1S/C17H18FN3O2.C2H5NO/c18-14-10-19-17(20-13-7-2-1-3-8-13)21-15(14)11-5-4-6-12(9-11)16(22)23;1-2(3)4/h4-6,9-10,13H,1-3,7-8H2,(H,22,23)(H,19,20,21);1H3,(H2,3,4). The number of aromatic nitrogens is 2. The van der Waals surface area contributed by atoms with Gasteiger partial charge in [0.25, 0.3) is 0 Å². The number of aromatic carboxylic acids is 1. The Balaban J connectivity index is 0.000000596. The third-order valence-corrected chi connectivity index (χ3v) is 4.07. The summed E-state index contributed by atoms with van der Waals surface area (Å²) in [7, 11) is 0. The molecular weight excluding hydrogens is 351 g/mol. The van der Waals surface area contributed by atoms with Crippen molar-refractivity contribution in [1.29, 1.82) is 0 Å². The zero-order valence-corrected chi connectivity index (χ0v) is 15.1. The molecular formula is C19H23FN4O3. The Kier molecular flexibility index (Phi) is 7.22. The monoisotopic (exact) mass is 374 g/mol. The molecule has 1 aromatic carbocycles. The van der Waals surface area contributed by atoms with Gasteiger partial charge in [-0.05, 0) is 25.0 Å². The van der Waals surface area contributed by atoms with Crippen LogP contribution in [0.4, 0.5) is 10.3 Å². The first-order chi connectivity index (χ1) is 12.9. The molecule has 1 aromatic heterocycles. The van der Waals surface area contributed by atoms with Gasteiger partial charge in [0, 0.05) is 18.5 Å². The summed E-state index contributed by atoms with van der Waals surface area (Å²) in [5, 5.41) is 12.3. The van der Waals surface area contributed by atoms with Crippen LogP contribution in [0.2, 0.25) is 0 Å². The maximum absolute atomic E-state index is 14.1. The van der Waals surface area contributed by atoms with E-state index in [4.69, 9.17) is 5.11 Å². The summed E-state index contributed by atoms with van der Waals surface area (Å²) in [6.07, 6.45) is 6.84. The maximum atomic E-state index is 14.1. The summed E-state index contributed by atoms with van der Waals surface area (Å²) in [5.74, 6) is -1.57. The molecule has 0 radical (unpaired) electrons. The zero-order valence-electron chi connectivity index (χ0n) is 15.1. The lowest BCUT2D eigenvalue weighted by Gasteiger charge is -2.22. The maximum Gasteiger partial charge on any atom is 0.335 e. The van der Waals surface area contributed by atoms with Crippen LogP contribution in [0.3, 0.4) is 0 Å². The largest absolute Gasteiger partial charge is 0.478 e. The van der Waals surface area contributed by atoms with E-state index >= 15 is 0 Å². The molecule has 0 unspecified atom stereocenters. The fraction of sp³-hybridized carbons (Fsp3) is 0.368. The van der Waals surface area contributed by atoms with Crippen molar-refractivity contribution in [3.05, 3.63) is 41.8 Å². The van der Waals surface area contributed by atoms with Crippen molar-refractivity contribution in [1.82, 2.24) is 9.97 Å². The minimum atomic E-state index is -1.05. The second-order valence-electron chi connectivity index (χ2n) is 6.37. The number of carboxylic acids is 1. The molecule has 7 nitrogen and oxygen atoms in total. The summed E-state index contributed by atoms with van der Waals surface area (Å²) in [6, 6.07) is 6.41. The second kappa shape index (κ2) is 9.61. The van der Waals surface area contributed by atoms with Gasteiger partial charge in [-0.3, -0.25) is 4.79 Å². The molecule has 0 spiro atoms. The van der Waals surface area contributed by atoms with E-state index in [2.05, 4.69) is 21.0 Å². The normalized spacial score (nSPS) is 14.0. The minimum absolute atomic E-state index is 0.0994. The van der Waals surface area contributed by atoms with Crippen molar-refractivity contribution in [3.63, 3.8) is 0 Å². The van der Waals surface area contributed by atoms with Crippen molar-refractivity contribution in [2.75, 3.05) is 5.32 Å². The average molecular weight is 374 g/mol. The second-order valence-corrected chi connectivity index (χ2v) is 6.37. The number of hydrogen-bond acceptors (Lipinski definition) is 5. The van der Waals surface area contributed by atoms with E-state index in [1.54, 1.807) is 12.1 Å². The van der Waals surface area contributed by atoms with E-state index in [9.17, 15) is 14.0 Å². The number of halogens is 1. The molecule has 3 rings (SSSR count). The highest BCUT2D eigenvalue weighted by Crippen LogP contribution is 2.24. The summed E-state index contributed by atoms with van der Waals surface area (Å²) < 4.78 is 14.1. The molecule has 2 aromatic rings. The number of carbonyl (C=O) groups is 2. The summed E-state index contributed by atoms with van der Waals surface area (Å²) in [6.45, 7) is 1.31. The van der Waals surface area contributed by atoms with Crippen LogP contribution < -0.4 is 11.1 Å². The van der Waals surface area contributed by atoms with E-state index in [0.29, 0.717) is 17.6 Å². The number of nitrogens with zero attached hydrogens (tertiary/aromatic N) is 2. The van der Waals surface area contributed by atoms with E-state index < -0.39 is 11.8 Å². The number of rotatable bonds is 4. The van der Waals surface area contributed by atoms with Gasteiger partial charge in [0.15, 0.2) is 5.82 Å². The SMILES string of the molecule is CC(N)=O.O=C(O)c1cccc(-c2nc(NC3CCCCC3)ncc2F)c1. The van der Waals surface area contributed by atoms with E-state index in [0.717, 1.165) is 19.0 Å². The van der Waals surface area contributed by atoms with E-state index in [1.165, 1.54) is 38.3 Å². The molecule has 1 aliphatic carbocycles. The highest BCUT2D eigenvalue weighted by molar-refractivity contribution is 5.89. The van der Waals surface area contributed by atoms with Crippen LogP contribution in [0, 0.1) is 5.82 Å². The summed E-state index contributed by atoms with van der Waals surface area (Å²) in [5.41, 5.74) is 5.11. The van der Waals surface area contributed by atoms with Crippen LogP contribution in [0.1, 0.15) is 49.4 Å². The Morgan fingerprint density at radius 3 is 2.56 bits per heavy atom. The molecule has 27 heavy (non-hydrogen) atoms. The Morgan fingerprint density at radius 1 is 1.26 bits per heavy atom. The first kappa shape index (κ1) is 20.3. The quantitative estimate of drug-likeness (QED) is 0.756. The van der Waals surface area contributed by atoms with Crippen LogP contribution in [0.15, 0.2) is 30.5 Å². The molecule has 0 atom stereocenters. The Bertz CT molecular complexity index is 803. The molecule has 144 valence electrons. The topological polar surface area (TPSA) is 118 Å². The van der Waals surface area contributed by atoms with Crippen LogP contribution in [-0.2, 0) is 4.79 Å². The van der Waals surface area contributed by atoms with E-state index in [-0.39, 0.29) is 17.2 Å². The lowest BCUT2D eigenvalue weighted by molar-refractivity contribution is -0.115. The fourth-order valence-corrected chi connectivity index (χ4v) is 2.87. The summed E-state index contributed by atoms with van der Waals surface area (Å²) >= 11 is 0. The van der Waals surface area contributed by atoms with Crippen LogP contribution in [0.25, 0.3) is 11.3 Å². The van der Waals surface area contributed by atoms with E-state index in [1.807, 2.05) is 0 Å². The van der Waals surface area contributed by atoms with Gasteiger partial charge in [-0.15, -0.1) is 0 Å². The van der Waals surface area contributed by atoms with Gasteiger partial charge in [0.1, 0.15) is 5.69 Å². The highest BCUT2D eigenvalue weighted by Gasteiger charge is 2.16. The number of nitrogens with two attached hydrogens (primary N) is 1. The van der Waals surface area contributed by atoms with Gasteiger partial charge in [-0.2, -0.15) is 0 Å². The number of nitrogens with one attached hydrogen (secondary N) is 1. The zero-order chi connectivity index (χ0) is 19.8. The number of carboxylic acid groups (broad SMARTS) is 1. The van der Waals surface area contributed by atoms with Crippen LogP contribution in [0.5, 0.6) is 0 Å². The van der Waals surface area contributed by atoms with Crippen LogP contribution in [-0.4, -0.2) is 33.0 Å². The Hall–Kier alpha value is -3.03. The Labute approximate surface area is 156 Å². The smallest absolute Gasteiger partial charge is 0.335 e. The lowest BCUT2D eigenvalue weighted by Crippen LogP contribution is -2.23. The Morgan fingerprint density at radius 2 is 1.93 bits per heavy atom. The van der Waals surface area contributed by atoms with Crippen molar-refractivity contribution in [2.24, 2.45) is 5.73 Å². The predicted molar refractivity (Wildman–Crippen MR) is 99.7 cm³/mol. The number of amides is 1. The van der Waals surface area contributed by atoms with Crippen molar-refractivity contribution < 1.29 is 19.1 Å².